The maximum absolute atomic E-state index is 6.34. The first-order valence-electron chi connectivity index (χ1n) is 9.62. The normalized spacial score (nSPS) is 12.2. The fourth-order valence-electron chi connectivity index (χ4n) is 3.83. The van der Waals surface area contributed by atoms with E-state index in [4.69, 9.17) is 11.2 Å². The predicted octanol–water partition coefficient (Wildman–Crippen LogP) is 4.63. The minimum absolute atomic E-state index is 0.254. The van der Waals surface area contributed by atoms with Crippen molar-refractivity contribution < 1.29 is 4.74 Å². The van der Waals surface area contributed by atoms with Crippen molar-refractivity contribution in [3.63, 3.8) is 0 Å². The van der Waals surface area contributed by atoms with Gasteiger partial charge in [-0.05, 0) is 43.3 Å². The Kier molecular flexibility index (Phi) is 4.22. The van der Waals surface area contributed by atoms with Crippen molar-refractivity contribution in [3.05, 3.63) is 72.2 Å². The molecule has 0 bridgehead atoms. The summed E-state index contributed by atoms with van der Waals surface area (Å²) in [6.07, 6.45) is 11.0. The van der Waals surface area contributed by atoms with Crippen LogP contribution in [0.2, 0.25) is 0 Å². The first-order valence-corrected chi connectivity index (χ1v) is 9.62. The fourth-order valence-corrected chi connectivity index (χ4v) is 3.83. The van der Waals surface area contributed by atoms with Crippen LogP contribution in [0.4, 0.5) is 0 Å². The molecule has 0 aliphatic carbocycles. The lowest BCUT2D eigenvalue weighted by molar-refractivity contribution is 0.228. The summed E-state index contributed by atoms with van der Waals surface area (Å²) < 4.78 is 8.10. The largest absolute Gasteiger partial charge is 0.486 e. The SMILES string of the molecule is C#Cc1ccc2ncccc2c1C(C)Oc1ccc2[nH]nc(-c3cnn(C)c3)c2c1. The van der Waals surface area contributed by atoms with Gasteiger partial charge >= 0.3 is 0 Å². The molecule has 146 valence electrons. The second kappa shape index (κ2) is 7.05. The van der Waals surface area contributed by atoms with Gasteiger partial charge in [0.1, 0.15) is 17.5 Å². The quantitative estimate of drug-likeness (QED) is 0.452. The van der Waals surface area contributed by atoms with Crippen molar-refractivity contribution in [2.24, 2.45) is 7.05 Å². The number of aryl methyl sites for hydroxylation is 1. The van der Waals surface area contributed by atoms with Crippen LogP contribution in [0, 0.1) is 12.3 Å². The topological polar surface area (TPSA) is 68.6 Å². The average molecular weight is 393 g/mol. The summed E-state index contributed by atoms with van der Waals surface area (Å²) in [6.45, 7) is 2.00. The van der Waals surface area contributed by atoms with E-state index in [-0.39, 0.29) is 6.10 Å². The van der Waals surface area contributed by atoms with Crippen LogP contribution in [0.3, 0.4) is 0 Å². The smallest absolute Gasteiger partial charge is 0.123 e. The van der Waals surface area contributed by atoms with Crippen LogP contribution in [0.25, 0.3) is 33.1 Å². The summed E-state index contributed by atoms with van der Waals surface area (Å²) in [6, 6.07) is 13.7. The van der Waals surface area contributed by atoms with Crippen molar-refractivity contribution >= 4 is 21.8 Å². The monoisotopic (exact) mass is 393 g/mol. The highest BCUT2D eigenvalue weighted by atomic mass is 16.5. The molecule has 30 heavy (non-hydrogen) atoms. The van der Waals surface area contributed by atoms with Gasteiger partial charge in [0.05, 0.1) is 17.2 Å². The van der Waals surface area contributed by atoms with Crippen LogP contribution in [-0.2, 0) is 7.05 Å². The number of aromatic nitrogens is 5. The molecule has 0 saturated heterocycles. The molecule has 5 rings (SSSR count). The molecule has 6 nitrogen and oxygen atoms in total. The molecule has 6 heteroatoms. The van der Waals surface area contributed by atoms with Gasteiger partial charge in [-0.3, -0.25) is 14.8 Å². The number of fused-ring (bicyclic) bond motifs is 2. The summed E-state index contributed by atoms with van der Waals surface area (Å²) in [5, 5.41) is 13.8. The summed E-state index contributed by atoms with van der Waals surface area (Å²) in [7, 11) is 1.89. The number of pyridine rings is 1. The zero-order chi connectivity index (χ0) is 20.7. The highest BCUT2D eigenvalue weighted by Crippen LogP contribution is 2.33. The molecule has 3 aromatic heterocycles. The molecule has 0 radical (unpaired) electrons. The molecule has 0 fully saturated rings. The molecule has 0 aliphatic heterocycles. The molecule has 0 aliphatic rings. The Balaban J connectivity index is 1.55. The van der Waals surface area contributed by atoms with E-state index in [1.165, 1.54) is 0 Å². The molecular formula is C24H19N5O. The van der Waals surface area contributed by atoms with E-state index in [0.717, 1.165) is 49.9 Å². The zero-order valence-corrected chi connectivity index (χ0v) is 16.6. The van der Waals surface area contributed by atoms with E-state index in [9.17, 15) is 0 Å². The van der Waals surface area contributed by atoms with Gasteiger partial charge in [-0.15, -0.1) is 6.42 Å². The second-order valence-electron chi connectivity index (χ2n) is 7.18. The number of hydrogen-bond acceptors (Lipinski definition) is 4. The minimum atomic E-state index is -0.254. The van der Waals surface area contributed by atoms with Gasteiger partial charge in [-0.25, -0.2) is 0 Å². The van der Waals surface area contributed by atoms with Crippen LogP contribution in [0.15, 0.2) is 61.1 Å². The van der Waals surface area contributed by atoms with Crippen molar-refractivity contribution in [2.75, 3.05) is 0 Å². The number of aromatic amines is 1. The summed E-state index contributed by atoms with van der Waals surface area (Å²) in [4.78, 5) is 4.44. The number of hydrogen-bond donors (Lipinski definition) is 1. The first kappa shape index (κ1) is 18.0. The molecule has 0 amide bonds. The number of terminal acetylenes is 1. The molecule has 1 N–H and O–H groups in total. The predicted molar refractivity (Wildman–Crippen MR) is 117 cm³/mol. The maximum Gasteiger partial charge on any atom is 0.123 e. The second-order valence-corrected chi connectivity index (χ2v) is 7.18. The number of ether oxygens (including phenoxy) is 1. The Labute approximate surface area is 173 Å². The molecule has 0 saturated carbocycles. The summed E-state index contributed by atoms with van der Waals surface area (Å²) >= 11 is 0. The Hall–Kier alpha value is -4.11. The van der Waals surface area contributed by atoms with E-state index in [1.807, 2.05) is 62.6 Å². The van der Waals surface area contributed by atoms with Gasteiger partial charge in [-0.2, -0.15) is 10.2 Å². The minimum Gasteiger partial charge on any atom is -0.486 e. The van der Waals surface area contributed by atoms with Crippen molar-refractivity contribution in [3.8, 4) is 29.4 Å². The van der Waals surface area contributed by atoms with Gasteiger partial charge in [-0.1, -0.05) is 12.0 Å². The molecule has 3 heterocycles. The third-order valence-corrected chi connectivity index (χ3v) is 5.21. The maximum atomic E-state index is 6.34. The third-order valence-electron chi connectivity index (χ3n) is 5.21. The highest BCUT2D eigenvalue weighted by Gasteiger charge is 2.17. The molecule has 5 aromatic rings. The zero-order valence-electron chi connectivity index (χ0n) is 16.6. The molecule has 1 unspecified atom stereocenters. The third kappa shape index (κ3) is 2.97. The number of rotatable bonds is 4. The summed E-state index contributed by atoms with van der Waals surface area (Å²) in [5.41, 5.74) is 5.39. The van der Waals surface area contributed by atoms with E-state index in [1.54, 1.807) is 17.1 Å². The van der Waals surface area contributed by atoms with E-state index in [2.05, 4.69) is 26.2 Å². The van der Waals surface area contributed by atoms with E-state index in [0.29, 0.717) is 0 Å². The number of nitrogens with one attached hydrogen (secondary N) is 1. The van der Waals surface area contributed by atoms with Gasteiger partial charge in [0.25, 0.3) is 0 Å². The van der Waals surface area contributed by atoms with Crippen LogP contribution in [-0.4, -0.2) is 25.0 Å². The van der Waals surface area contributed by atoms with Gasteiger partial charge in [0, 0.05) is 46.9 Å². The lowest BCUT2D eigenvalue weighted by atomic mass is 9.98. The van der Waals surface area contributed by atoms with Gasteiger partial charge in [0.15, 0.2) is 0 Å². The van der Waals surface area contributed by atoms with Gasteiger partial charge in [0.2, 0.25) is 0 Å². The highest BCUT2D eigenvalue weighted by molar-refractivity contribution is 5.93. The van der Waals surface area contributed by atoms with Crippen molar-refractivity contribution in [1.29, 1.82) is 0 Å². The number of H-pyrrole nitrogens is 1. The van der Waals surface area contributed by atoms with Crippen LogP contribution in [0.1, 0.15) is 24.2 Å². The van der Waals surface area contributed by atoms with Gasteiger partial charge < -0.3 is 4.74 Å². The number of nitrogens with zero attached hydrogens (tertiary/aromatic N) is 4. The van der Waals surface area contributed by atoms with Crippen molar-refractivity contribution in [1.82, 2.24) is 25.0 Å². The van der Waals surface area contributed by atoms with E-state index >= 15 is 0 Å². The standard InChI is InChI=1S/C24H19N5O/c1-4-16-7-9-21-19(6-5-11-25-21)23(16)15(2)30-18-8-10-22-20(12-18)24(28-27-22)17-13-26-29(3)14-17/h1,5-15H,2-3H3,(H,27,28). The fraction of sp³-hybridized carbons (Fsp3) is 0.125. The first-order chi connectivity index (χ1) is 14.6. The Morgan fingerprint density at radius 3 is 2.87 bits per heavy atom. The Bertz CT molecular complexity index is 1420. The average Bonchev–Trinajstić information content (AvgIpc) is 3.38. The molecule has 2 aromatic carbocycles. The van der Waals surface area contributed by atoms with E-state index < -0.39 is 0 Å². The molecular weight excluding hydrogens is 374 g/mol. The Morgan fingerprint density at radius 1 is 1.17 bits per heavy atom. The van der Waals surface area contributed by atoms with Crippen LogP contribution < -0.4 is 4.74 Å². The van der Waals surface area contributed by atoms with Crippen LogP contribution in [0.5, 0.6) is 5.75 Å². The molecule has 1 atom stereocenters. The lowest BCUT2D eigenvalue weighted by Gasteiger charge is -2.19. The summed E-state index contributed by atoms with van der Waals surface area (Å²) in [5.74, 6) is 3.52. The van der Waals surface area contributed by atoms with Crippen molar-refractivity contribution in [2.45, 2.75) is 13.0 Å². The Morgan fingerprint density at radius 2 is 2.07 bits per heavy atom. The van der Waals surface area contributed by atoms with Crippen LogP contribution >= 0.6 is 0 Å². The number of benzene rings is 2. The molecule has 0 spiro atoms. The lowest BCUT2D eigenvalue weighted by Crippen LogP contribution is -2.06.